The zero-order valence-electron chi connectivity index (χ0n) is 20.5. The summed E-state index contributed by atoms with van der Waals surface area (Å²) in [4.78, 5) is 16.0. The molecule has 3 heterocycles. The van der Waals surface area contributed by atoms with Crippen LogP contribution in [0.5, 0.6) is 23.3 Å². The molecule has 1 fully saturated rings. The monoisotopic (exact) mass is 480 g/mol. The zero-order valence-corrected chi connectivity index (χ0v) is 20.5. The van der Waals surface area contributed by atoms with E-state index in [1.165, 1.54) is 27.8 Å². The van der Waals surface area contributed by atoms with E-state index in [0.717, 1.165) is 25.1 Å². The molecular formula is C27H32N2O6. The zero-order chi connectivity index (χ0) is 24.6. The third kappa shape index (κ3) is 2.92. The number of esters is 1. The van der Waals surface area contributed by atoms with Crippen molar-refractivity contribution in [2.75, 3.05) is 20.7 Å². The SMILES string of the molecule is COc1ccc2c3c1O[C@H]1[C@@H](OC(=O)[C@H](C(C)C)n4c(O)ccc4O)C=C[C@H]4[C@@H](C2)N(C)CC[C@@]341. The largest absolute Gasteiger partial charge is 0.494 e. The van der Waals surface area contributed by atoms with Crippen LogP contribution in [-0.2, 0) is 21.4 Å². The number of aromatic nitrogens is 1. The second-order valence-corrected chi connectivity index (χ2v) is 10.6. The van der Waals surface area contributed by atoms with Gasteiger partial charge in [-0.25, -0.2) is 4.79 Å². The fraction of sp³-hybridized carbons (Fsp3) is 0.519. The number of aromatic hydroxyl groups is 2. The molecule has 1 aromatic heterocycles. The molecular weight excluding hydrogens is 448 g/mol. The van der Waals surface area contributed by atoms with E-state index in [-0.39, 0.29) is 35.1 Å². The first kappa shape index (κ1) is 22.3. The van der Waals surface area contributed by atoms with Crippen molar-refractivity contribution in [2.45, 2.75) is 56.4 Å². The summed E-state index contributed by atoms with van der Waals surface area (Å²) < 4.78 is 19.7. The molecule has 2 aromatic rings. The van der Waals surface area contributed by atoms with Crippen molar-refractivity contribution in [3.63, 3.8) is 0 Å². The van der Waals surface area contributed by atoms with Gasteiger partial charge in [0, 0.05) is 35.1 Å². The molecule has 2 aliphatic carbocycles. The molecule has 1 saturated heterocycles. The third-order valence-electron chi connectivity index (χ3n) is 8.61. The topological polar surface area (TPSA) is 93.4 Å². The molecule has 0 unspecified atom stereocenters. The Kier molecular flexibility index (Phi) is 4.90. The van der Waals surface area contributed by atoms with Crippen LogP contribution >= 0.6 is 0 Å². The van der Waals surface area contributed by atoms with E-state index in [9.17, 15) is 15.0 Å². The smallest absolute Gasteiger partial charge is 0.330 e. The van der Waals surface area contributed by atoms with Gasteiger partial charge in [-0.05, 0) is 50.1 Å². The van der Waals surface area contributed by atoms with Gasteiger partial charge >= 0.3 is 5.97 Å². The van der Waals surface area contributed by atoms with Gasteiger partial charge in [-0.15, -0.1) is 0 Å². The van der Waals surface area contributed by atoms with Crippen LogP contribution in [0, 0.1) is 11.8 Å². The highest BCUT2D eigenvalue weighted by Gasteiger charge is 2.65. The number of hydrogen-bond acceptors (Lipinski definition) is 7. The minimum atomic E-state index is -0.876. The lowest BCUT2D eigenvalue weighted by atomic mass is 9.53. The Morgan fingerprint density at radius 2 is 1.91 bits per heavy atom. The Balaban J connectivity index is 1.40. The van der Waals surface area contributed by atoms with Crippen LogP contribution in [0.15, 0.2) is 36.4 Å². The number of hydrogen-bond donors (Lipinski definition) is 2. The first-order valence-electron chi connectivity index (χ1n) is 12.3. The van der Waals surface area contributed by atoms with Gasteiger partial charge in [-0.1, -0.05) is 26.0 Å². The molecule has 8 nitrogen and oxygen atoms in total. The number of carbonyl (C=O) groups is 1. The number of methoxy groups -OCH3 is 1. The Labute approximate surface area is 204 Å². The molecule has 0 radical (unpaired) electrons. The number of likely N-dealkylation sites (N-methyl/N-ethyl adjacent to an activating group) is 1. The first-order valence-corrected chi connectivity index (χ1v) is 12.3. The first-order chi connectivity index (χ1) is 16.8. The Hall–Kier alpha value is -3.13. The minimum absolute atomic E-state index is 0.180. The number of piperidine rings is 1. The number of nitrogens with zero attached hydrogens (tertiary/aromatic N) is 2. The molecule has 2 N–H and O–H groups in total. The van der Waals surface area contributed by atoms with Crippen LogP contribution in [0.4, 0.5) is 0 Å². The number of carbonyl (C=O) groups excluding carboxylic acids is 1. The van der Waals surface area contributed by atoms with Crippen LogP contribution in [0.1, 0.15) is 37.4 Å². The highest BCUT2D eigenvalue weighted by atomic mass is 16.6. The van der Waals surface area contributed by atoms with E-state index in [2.05, 4.69) is 24.1 Å². The Morgan fingerprint density at radius 1 is 1.17 bits per heavy atom. The molecule has 8 heteroatoms. The van der Waals surface area contributed by atoms with E-state index in [1.807, 2.05) is 26.0 Å². The highest BCUT2D eigenvalue weighted by molar-refractivity contribution is 5.76. The predicted octanol–water partition coefficient (Wildman–Crippen LogP) is 3.16. The summed E-state index contributed by atoms with van der Waals surface area (Å²) in [6.45, 7) is 4.65. The van der Waals surface area contributed by atoms with Crippen molar-refractivity contribution in [1.82, 2.24) is 9.47 Å². The van der Waals surface area contributed by atoms with E-state index in [0.29, 0.717) is 11.8 Å². The average molecular weight is 481 g/mol. The molecule has 6 atom stereocenters. The van der Waals surface area contributed by atoms with Crippen LogP contribution in [0.25, 0.3) is 0 Å². The van der Waals surface area contributed by atoms with Crippen LogP contribution < -0.4 is 9.47 Å². The van der Waals surface area contributed by atoms with Gasteiger partial charge in [0.05, 0.1) is 7.11 Å². The van der Waals surface area contributed by atoms with E-state index in [4.69, 9.17) is 14.2 Å². The van der Waals surface area contributed by atoms with Gasteiger partial charge in [-0.3, -0.25) is 4.57 Å². The standard InChI is InChI=1S/C27H32N2O6/c1-14(2)23(29-20(30)9-10-21(29)31)26(32)34-19-8-6-16-17-13-15-5-7-18(33-4)24-22(15)27(16,25(19)35-24)11-12-28(17)3/h5-10,14,16-17,19,23,25,30-31H,11-13H2,1-4H3/t16-,17+,19-,23-,25-,27-/m0/s1. The van der Waals surface area contributed by atoms with Gasteiger partial charge in [0.1, 0.15) is 12.1 Å². The normalized spacial score (nSPS) is 31.1. The lowest BCUT2D eigenvalue weighted by molar-refractivity contribution is -0.160. The number of rotatable bonds is 5. The lowest BCUT2D eigenvalue weighted by Gasteiger charge is -2.56. The maximum Gasteiger partial charge on any atom is 0.330 e. The van der Waals surface area contributed by atoms with Crippen LogP contribution in [0.3, 0.4) is 0 Å². The third-order valence-corrected chi connectivity index (χ3v) is 8.61. The molecule has 2 bridgehead atoms. The summed E-state index contributed by atoms with van der Waals surface area (Å²) in [7, 11) is 3.83. The Bertz CT molecular complexity index is 1200. The van der Waals surface area contributed by atoms with Gasteiger partial charge in [0.25, 0.3) is 0 Å². The van der Waals surface area contributed by atoms with Crippen molar-refractivity contribution in [2.24, 2.45) is 11.8 Å². The average Bonchev–Trinajstić information content (AvgIpc) is 3.34. The molecule has 1 aromatic carbocycles. The van der Waals surface area contributed by atoms with Crippen molar-refractivity contribution >= 4 is 5.97 Å². The number of likely N-dealkylation sites (tertiary alicyclic amines) is 1. The summed E-state index contributed by atoms with van der Waals surface area (Å²) in [6, 6.07) is 6.34. The summed E-state index contributed by atoms with van der Waals surface area (Å²) >= 11 is 0. The lowest BCUT2D eigenvalue weighted by Crippen LogP contribution is -2.65. The molecule has 0 saturated carbocycles. The molecule has 4 aliphatic rings. The van der Waals surface area contributed by atoms with Crippen LogP contribution in [-0.4, -0.2) is 64.6 Å². The number of benzene rings is 1. The van der Waals surface area contributed by atoms with Gasteiger partial charge < -0.3 is 29.3 Å². The minimum Gasteiger partial charge on any atom is -0.494 e. The summed E-state index contributed by atoms with van der Waals surface area (Å²) in [6.07, 6.45) is 5.04. The summed E-state index contributed by atoms with van der Waals surface area (Å²) in [5.41, 5.74) is 2.20. The van der Waals surface area contributed by atoms with E-state index >= 15 is 0 Å². The maximum atomic E-state index is 13.5. The van der Waals surface area contributed by atoms with E-state index in [1.54, 1.807) is 7.11 Å². The van der Waals surface area contributed by atoms with Crippen molar-refractivity contribution in [3.8, 4) is 23.3 Å². The van der Waals surface area contributed by atoms with E-state index < -0.39 is 18.1 Å². The van der Waals surface area contributed by atoms with Crippen molar-refractivity contribution in [3.05, 3.63) is 47.5 Å². The predicted molar refractivity (Wildman–Crippen MR) is 128 cm³/mol. The molecule has 35 heavy (non-hydrogen) atoms. The quantitative estimate of drug-likeness (QED) is 0.502. The molecule has 6 rings (SSSR count). The van der Waals surface area contributed by atoms with Crippen molar-refractivity contribution < 1.29 is 29.2 Å². The maximum absolute atomic E-state index is 13.5. The summed E-state index contributed by atoms with van der Waals surface area (Å²) in [5, 5.41) is 20.6. The molecule has 0 amide bonds. The second-order valence-electron chi connectivity index (χ2n) is 10.6. The summed E-state index contributed by atoms with van der Waals surface area (Å²) in [5.74, 6) is 0.630. The fourth-order valence-corrected chi connectivity index (χ4v) is 7.06. The molecule has 1 spiro atoms. The number of ether oxygens (including phenoxy) is 3. The molecule has 186 valence electrons. The van der Waals surface area contributed by atoms with Gasteiger partial charge in [0.15, 0.2) is 29.4 Å². The molecule has 2 aliphatic heterocycles. The van der Waals surface area contributed by atoms with Gasteiger partial charge in [-0.2, -0.15) is 0 Å². The highest BCUT2D eigenvalue weighted by Crippen LogP contribution is 2.62. The second kappa shape index (κ2) is 7.68. The van der Waals surface area contributed by atoms with Crippen LogP contribution in [0.2, 0.25) is 0 Å². The Morgan fingerprint density at radius 3 is 2.60 bits per heavy atom. The van der Waals surface area contributed by atoms with Gasteiger partial charge in [0.2, 0.25) is 0 Å². The fourth-order valence-electron chi connectivity index (χ4n) is 7.06. The van der Waals surface area contributed by atoms with Crippen molar-refractivity contribution in [1.29, 1.82) is 0 Å².